The highest BCUT2D eigenvalue weighted by atomic mass is 35.5. The Morgan fingerprint density at radius 3 is 2.69 bits per heavy atom. The van der Waals surface area contributed by atoms with E-state index >= 15 is 0 Å². The van der Waals surface area contributed by atoms with E-state index in [2.05, 4.69) is 10.5 Å². The van der Waals surface area contributed by atoms with Gasteiger partial charge in [-0.15, -0.1) is 0 Å². The number of para-hydroxylation sites is 2. The number of nitrogen functional groups attached to an aromatic ring is 1. The summed E-state index contributed by atoms with van der Waals surface area (Å²) < 4.78 is 11.3. The summed E-state index contributed by atoms with van der Waals surface area (Å²) in [5.41, 5.74) is 10.6. The molecule has 7 heteroatoms. The largest absolute Gasteiger partial charge is 0.493 e. The number of hydrazone groups is 1. The van der Waals surface area contributed by atoms with Crippen LogP contribution in [0, 0.1) is 0 Å². The number of carbonyl (C=O) groups is 1. The predicted octanol–water partition coefficient (Wildman–Crippen LogP) is 4.27. The Morgan fingerprint density at radius 2 is 1.93 bits per heavy atom. The highest BCUT2D eigenvalue weighted by Crippen LogP contribution is 2.31. The van der Waals surface area contributed by atoms with Crippen LogP contribution in [0.3, 0.4) is 0 Å². The van der Waals surface area contributed by atoms with Crippen molar-refractivity contribution in [2.24, 2.45) is 5.10 Å². The van der Waals surface area contributed by atoms with Gasteiger partial charge >= 0.3 is 0 Å². The van der Waals surface area contributed by atoms with E-state index in [9.17, 15) is 4.79 Å². The molecule has 148 valence electrons. The number of amides is 1. The van der Waals surface area contributed by atoms with Crippen molar-refractivity contribution < 1.29 is 14.3 Å². The van der Waals surface area contributed by atoms with E-state index in [0.29, 0.717) is 39.9 Å². The molecule has 0 spiro atoms. The highest BCUT2D eigenvalue weighted by molar-refractivity contribution is 6.30. The standard InChI is InChI=1S/C22H20ClN3O3/c1-28-20-11-5-7-16(21(20)29-14-15-6-4-8-17(23)12-15)13-25-26-22(27)18-9-2-3-10-19(18)24/h2-13H,14,24H2,1H3,(H,26,27)/b25-13+. The maximum atomic E-state index is 12.2. The number of nitrogens with two attached hydrogens (primary N) is 1. The van der Waals surface area contributed by atoms with Crippen molar-refractivity contribution in [3.05, 3.63) is 88.4 Å². The third-order valence-corrected chi connectivity index (χ3v) is 4.31. The molecule has 0 unspecified atom stereocenters. The molecule has 0 aliphatic carbocycles. The second-order valence-electron chi connectivity index (χ2n) is 6.08. The molecule has 1 amide bonds. The van der Waals surface area contributed by atoms with E-state index in [0.717, 1.165) is 5.56 Å². The number of anilines is 1. The first-order chi connectivity index (χ1) is 14.1. The SMILES string of the molecule is COc1cccc(/C=N/NC(=O)c2ccccc2N)c1OCc1cccc(Cl)c1. The monoisotopic (exact) mass is 409 g/mol. The van der Waals surface area contributed by atoms with Crippen molar-refractivity contribution in [2.45, 2.75) is 6.61 Å². The lowest BCUT2D eigenvalue weighted by molar-refractivity contribution is 0.0956. The van der Waals surface area contributed by atoms with Crippen LogP contribution in [0.5, 0.6) is 11.5 Å². The van der Waals surface area contributed by atoms with Crippen LogP contribution in [0.1, 0.15) is 21.5 Å². The summed E-state index contributed by atoms with van der Waals surface area (Å²) in [7, 11) is 1.56. The van der Waals surface area contributed by atoms with Crippen LogP contribution in [0.25, 0.3) is 0 Å². The smallest absolute Gasteiger partial charge is 0.273 e. The second-order valence-corrected chi connectivity index (χ2v) is 6.52. The van der Waals surface area contributed by atoms with Crippen LogP contribution < -0.4 is 20.6 Å². The van der Waals surface area contributed by atoms with E-state index in [1.54, 1.807) is 43.5 Å². The summed E-state index contributed by atoms with van der Waals surface area (Å²) in [6, 6.07) is 19.6. The Balaban J connectivity index is 1.75. The van der Waals surface area contributed by atoms with E-state index in [4.69, 9.17) is 26.8 Å². The molecule has 0 aliphatic heterocycles. The molecule has 3 aromatic carbocycles. The lowest BCUT2D eigenvalue weighted by atomic mass is 10.2. The molecule has 0 heterocycles. The molecule has 0 radical (unpaired) electrons. The minimum absolute atomic E-state index is 0.300. The molecule has 0 aliphatic rings. The minimum Gasteiger partial charge on any atom is -0.493 e. The number of hydrogen-bond acceptors (Lipinski definition) is 5. The molecular formula is C22H20ClN3O3. The van der Waals surface area contributed by atoms with Gasteiger partial charge in [0, 0.05) is 16.3 Å². The van der Waals surface area contributed by atoms with E-state index < -0.39 is 5.91 Å². The maximum absolute atomic E-state index is 12.2. The van der Waals surface area contributed by atoms with Gasteiger partial charge in [-0.25, -0.2) is 5.43 Å². The predicted molar refractivity (Wildman–Crippen MR) is 115 cm³/mol. The maximum Gasteiger partial charge on any atom is 0.273 e. The van der Waals surface area contributed by atoms with Crippen LogP contribution in [0.2, 0.25) is 5.02 Å². The number of methoxy groups -OCH3 is 1. The molecule has 6 nitrogen and oxygen atoms in total. The van der Waals surface area contributed by atoms with Gasteiger partial charge in [0.1, 0.15) is 6.61 Å². The number of nitrogens with one attached hydrogen (secondary N) is 1. The molecule has 29 heavy (non-hydrogen) atoms. The van der Waals surface area contributed by atoms with Gasteiger partial charge in [-0.3, -0.25) is 4.79 Å². The Morgan fingerprint density at radius 1 is 1.14 bits per heavy atom. The normalized spacial score (nSPS) is 10.7. The quantitative estimate of drug-likeness (QED) is 0.346. The van der Waals surface area contributed by atoms with Gasteiger partial charge in [0.25, 0.3) is 5.91 Å². The summed E-state index contributed by atoms with van der Waals surface area (Å²) in [6.45, 7) is 0.300. The molecule has 3 N–H and O–H groups in total. The van der Waals surface area contributed by atoms with E-state index in [1.165, 1.54) is 6.21 Å². The number of benzene rings is 3. The molecule has 3 rings (SSSR count). The van der Waals surface area contributed by atoms with Gasteiger partial charge in [-0.05, 0) is 42.0 Å². The fraction of sp³-hybridized carbons (Fsp3) is 0.0909. The summed E-state index contributed by atoms with van der Waals surface area (Å²) in [4.78, 5) is 12.2. The number of halogens is 1. The van der Waals surface area contributed by atoms with Crippen molar-refractivity contribution in [3.8, 4) is 11.5 Å². The first-order valence-electron chi connectivity index (χ1n) is 8.80. The summed E-state index contributed by atoms with van der Waals surface area (Å²) >= 11 is 6.03. The van der Waals surface area contributed by atoms with Crippen molar-refractivity contribution in [1.82, 2.24) is 5.43 Å². The molecular weight excluding hydrogens is 390 g/mol. The topological polar surface area (TPSA) is 85.9 Å². The zero-order valence-electron chi connectivity index (χ0n) is 15.8. The van der Waals surface area contributed by atoms with Crippen molar-refractivity contribution in [3.63, 3.8) is 0 Å². The van der Waals surface area contributed by atoms with Crippen LogP contribution in [-0.4, -0.2) is 19.2 Å². The van der Waals surface area contributed by atoms with Gasteiger partial charge in [-0.2, -0.15) is 5.10 Å². The zero-order chi connectivity index (χ0) is 20.6. The summed E-state index contributed by atoms with van der Waals surface area (Å²) in [5, 5.41) is 4.66. The van der Waals surface area contributed by atoms with Crippen LogP contribution >= 0.6 is 11.6 Å². The van der Waals surface area contributed by atoms with Gasteiger partial charge in [0.15, 0.2) is 11.5 Å². The van der Waals surface area contributed by atoms with Crippen LogP contribution in [0.15, 0.2) is 71.8 Å². The van der Waals surface area contributed by atoms with Gasteiger partial charge in [0.2, 0.25) is 0 Å². The Bertz CT molecular complexity index is 1040. The van der Waals surface area contributed by atoms with Crippen molar-refractivity contribution >= 4 is 29.4 Å². The molecule has 0 saturated carbocycles. The lowest BCUT2D eigenvalue weighted by Crippen LogP contribution is -2.19. The highest BCUT2D eigenvalue weighted by Gasteiger charge is 2.11. The number of hydrogen-bond donors (Lipinski definition) is 2. The van der Waals surface area contributed by atoms with E-state index in [1.807, 2.05) is 30.3 Å². The fourth-order valence-corrected chi connectivity index (χ4v) is 2.87. The van der Waals surface area contributed by atoms with Crippen LogP contribution in [-0.2, 0) is 6.61 Å². The lowest BCUT2D eigenvalue weighted by Gasteiger charge is -2.13. The number of carbonyl (C=O) groups excluding carboxylic acids is 1. The Hall–Kier alpha value is -3.51. The Kier molecular flexibility index (Phi) is 6.71. The molecule has 3 aromatic rings. The van der Waals surface area contributed by atoms with Gasteiger partial charge in [0.05, 0.1) is 18.9 Å². The van der Waals surface area contributed by atoms with Gasteiger partial charge < -0.3 is 15.2 Å². The fourth-order valence-electron chi connectivity index (χ4n) is 2.66. The summed E-state index contributed by atoms with van der Waals surface area (Å²) in [6.07, 6.45) is 1.49. The summed E-state index contributed by atoms with van der Waals surface area (Å²) in [5.74, 6) is 0.658. The molecule has 0 atom stereocenters. The zero-order valence-corrected chi connectivity index (χ0v) is 16.5. The van der Waals surface area contributed by atoms with Crippen molar-refractivity contribution in [1.29, 1.82) is 0 Å². The average molecular weight is 410 g/mol. The molecule has 0 fully saturated rings. The van der Waals surface area contributed by atoms with Crippen LogP contribution in [0.4, 0.5) is 5.69 Å². The third kappa shape index (κ3) is 5.27. The first kappa shape index (κ1) is 20.2. The third-order valence-electron chi connectivity index (χ3n) is 4.08. The first-order valence-corrected chi connectivity index (χ1v) is 9.18. The van der Waals surface area contributed by atoms with Crippen molar-refractivity contribution in [2.75, 3.05) is 12.8 Å². The second kappa shape index (κ2) is 9.61. The molecule has 0 aromatic heterocycles. The number of ether oxygens (including phenoxy) is 2. The Labute approximate surface area is 173 Å². The molecule has 0 bridgehead atoms. The molecule has 0 saturated heterocycles. The minimum atomic E-state index is -0.399. The number of rotatable bonds is 7. The van der Waals surface area contributed by atoms with Gasteiger partial charge in [-0.1, -0.05) is 41.9 Å². The van der Waals surface area contributed by atoms with E-state index in [-0.39, 0.29) is 0 Å². The number of nitrogens with zero attached hydrogens (tertiary/aromatic N) is 1. The average Bonchev–Trinajstić information content (AvgIpc) is 2.72.